The maximum Gasteiger partial charge on any atom is 0.256 e. The zero-order valence-corrected chi connectivity index (χ0v) is 18.4. The largest absolute Gasteiger partial charge is 0.342 e. The van der Waals surface area contributed by atoms with Crippen LogP contribution in [0.15, 0.2) is 85.1 Å². The van der Waals surface area contributed by atoms with Gasteiger partial charge in [-0.25, -0.2) is 4.98 Å². The average molecular weight is 435 g/mol. The first-order valence-corrected chi connectivity index (χ1v) is 11.6. The van der Waals surface area contributed by atoms with E-state index in [0.29, 0.717) is 6.54 Å². The normalized spacial score (nSPS) is 16.5. The molecule has 1 N–H and O–H groups in total. The van der Waals surface area contributed by atoms with Gasteiger partial charge in [0.25, 0.3) is 5.91 Å². The second kappa shape index (κ2) is 8.24. The maximum absolute atomic E-state index is 13.7. The van der Waals surface area contributed by atoms with Gasteiger partial charge in [0.2, 0.25) is 0 Å². The molecule has 3 heterocycles. The fraction of sp³-hybridized carbons (Fsp3) is 0.214. The number of nitrogens with zero attached hydrogens (tertiary/aromatic N) is 3. The first-order valence-electron chi connectivity index (χ1n) is 11.6. The third kappa shape index (κ3) is 3.69. The Morgan fingerprint density at radius 2 is 1.76 bits per heavy atom. The van der Waals surface area contributed by atoms with Crippen LogP contribution in [0.4, 0.5) is 0 Å². The van der Waals surface area contributed by atoms with Crippen molar-refractivity contribution >= 4 is 27.8 Å². The number of para-hydroxylation sites is 3. The van der Waals surface area contributed by atoms with Crippen LogP contribution in [0.3, 0.4) is 0 Å². The smallest absolute Gasteiger partial charge is 0.256 e. The number of likely N-dealkylation sites (tertiary alicyclic amines) is 1. The Hall–Kier alpha value is -3.86. The van der Waals surface area contributed by atoms with E-state index in [9.17, 15) is 4.79 Å². The number of hydrogen-bond donors (Lipinski definition) is 1. The van der Waals surface area contributed by atoms with Gasteiger partial charge in [0.15, 0.2) is 0 Å². The molecule has 5 nitrogen and oxygen atoms in total. The van der Waals surface area contributed by atoms with Gasteiger partial charge in [-0.1, -0.05) is 60.7 Å². The lowest BCUT2D eigenvalue weighted by Gasteiger charge is -2.31. The van der Waals surface area contributed by atoms with Crippen LogP contribution in [0.25, 0.3) is 21.9 Å². The summed E-state index contributed by atoms with van der Waals surface area (Å²) in [5.41, 5.74) is 5.14. The van der Waals surface area contributed by atoms with Gasteiger partial charge in [0.05, 0.1) is 16.6 Å². The number of imidazole rings is 1. The summed E-state index contributed by atoms with van der Waals surface area (Å²) in [5.74, 6) is 1.33. The lowest BCUT2D eigenvalue weighted by atomic mass is 9.96. The number of fused-ring (bicyclic) bond motifs is 2. The van der Waals surface area contributed by atoms with Crippen molar-refractivity contribution in [1.29, 1.82) is 0 Å². The minimum absolute atomic E-state index is 0.110. The second-order valence-corrected chi connectivity index (χ2v) is 8.90. The molecular weight excluding hydrogens is 408 g/mol. The van der Waals surface area contributed by atoms with E-state index in [2.05, 4.69) is 52.0 Å². The van der Waals surface area contributed by atoms with Crippen LogP contribution in [0.1, 0.15) is 40.5 Å². The fourth-order valence-electron chi connectivity index (χ4n) is 5.05. The summed E-state index contributed by atoms with van der Waals surface area (Å²) < 4.78 is 2.19. The van der Waals surface area contributed by atoms with Crippen LogP contribution < -0.4 is 0 Å². The van der Waals surface area contributed by atoms with Gasteiger partial charge < -0.3 is 14.5 Å². The van der Waals surface area contributed by atoms with Crippen LogP contribution in [0, 0.1) is 0 Å². The van der Waals surface area contributed by atoms with Crippen molar-refractivity contribution in [3.05, 3.63) is 102 Å². The highest BCUT2D eigenvalue weighted by atomic mass is 16.2. The molecule has 0 aliphatic carbocycles. The number of H-pyrrole nitrogens is 1. The van der Waals surface area contributed by atoms with Crippen molar-refractivity contribution in [3.8, 4) is 0 Å². The molecule has 3 aromatic carbocycles. The van der Waals surface area contributed by atoms with Crippen molar-refractivity contribution < 1.29 is 4.79 Å². The molecule has 0 spiro atoms. The molecule has 0 bridgehead atoms. The van der Waals surface area contributed by atoms with E-state index in [-0.39, 0.29) is 11.8 Å². The molecule has 0 unspecified atom stereocenters. The summed E-state index contributed by atoms with van der Waals surface area (Å²) in [6.45, 7) is 2.22. The minimum Gasteiger partial charge on any atom is -0.342 e. The van der Waals surface area contributed by atoms with E-state index in [1.54, 1.807) is 0 Å². The molecule has 5 heteroatoms. The zero-order chi connectivity index (χ0) is 22.2. The summed E-state index contributed by atoms with van der Waals surface area (Å²) in [4.78, 5) is 24.0. The van der Waals surface area contributed by atoms with Crippen molar-refractivity contribution in [2.24, 2.45) is 0 Å². The van der Waals surface area contributed by atoms with Gasteiger partial charge >= 0.3 is 0 Å². The van der Waals surface area contributed by atoms with Crippen molar-refractivity contribution in [1.82, 2.24) is 19.4 Å². The molecule has 6 rings (SSSR count). The minimum atomic E-state index is 0.110. The predicted octanol–water partition coefficient (Wildman–Crippen LogP) is 5.59. The number of aromatic nitrogens is 3. The number of rotatable bonds is 4. The summed E-state index contributed by atoms with van der Waals surface area (Å²) in [7, 11) is 0. The van der Waals surface area contributed by atoms with Crippen LogP contribution >= 0.6 is 0 Å². The topological polar surface area (TPSA) is 53.9 Å². The van der Waals surface area contributed by atoms with E-state index in [1.165, 1.54) is 5.56 Å². The maximum atomic E-state index is 13.7. The monoisotopic (exact) mass is 434 g/mol. The third-order valence-corrected chi connectivity index (χ3v) is 6.72. The molecular formula is C28H26N4O. The van der Waals surface area contributed by atoms with Gasteiger partial charge in [0.1, 0.15) is 5.82 Å². The summed E-state index contributed by atoms with van der Waals surface area (Å²) >= 11 is 0. The van der Waals surface area contributed by atoms with Gasteiger partial charge in [0, 0.05) is 42.7 Å². The molecule has 2 aromatic heterocycles. The molecule has 1 aliphatic rings. The lowest BCUT2D eigenvalue weighted by molar-refractivity contribution is 0.0706. The Balaban J connectivity index is 1.29. The van der Waals surface area contributed by atoms with Crippen LogP contribution in [-0.4, -0.2) is 38.4 Å². The molecule has 1 amide bonds. The van der Waals surface area contributed by atoms with E-state index in [1.807, 2.05) is 47.5 Å². The highest BCUT2D eigenvalue weighted by molar-refractivity contribution is 6.07. The number of benzene rings is 3. The number of piperidine rings is 1. The Bertz CT molecular complexity index is 1400. The van der Waals surface area contributed by atoms with Gasteiger partial charge in [-0.15, -0.1) is 0 Å². The predicted molar refractivity (Wildman–Crippen MR) is 131 cm³/mol. The van der Waals surface area contributed by atoms with Crippen LogP contribution in [0.2, 0.25) is 0 Å². The van der Waals surface area contributed by atoms with Crippen molar-refractivity contribution in [2.45, 2.75) is 25.3 Å². The number of carbonyl (C=O) groups is 1. The molecule has 0 saturated carbocycles. The average Bonchev–Trinajstić information content (AvgIpc) is 3.47. The van der Waals surface area contributed by atoms with E-state index < -0.39 is 0 Å². The molecule has 1 fully saturated rings. The molecule has 0 radical (unpaired) electrons. The summed E-state index contributed by atoms with van der Waals surface area (Å²) in [6.07, 6.45) is 4.06. The third-order valence-electron chi connectivity index (χ3n) is 6.72. The van der Waals surface area contributed by atoms with E-state index in [0.717, 1.165) is 59.3 Å². The Morgan fingerprint density at radius 3 is 2.64 bits per heavy atom. The number of hydrogen-bond acceptors (Lipinski definition) is 2. The number of nitrogens with one attached hydrogen (secondary N) is 1. The molecule has 33 heavy (non-hydrogen) atoms. The standard InChI is InChI=1S/C28H26N4O/c33-28(31-16-8-11-21(18-31)27-29-24-13-5-6-14-25(24)30-27)23-19-32(17-20-9-2-1-3-10-20)26-15-7-4-12-22(23)26/h1-7,9-10,12-15,19,21H,8,11,16-18H2,(H,29,30)/t21-/m0/s1. The summed E-state index contributed by atoms with van der Waals surface area (Å²) in [6, 6.07) is 26.7. The van der Waals surface area contributed by atoms with Crippen molar-refractivity contribution in [3.63, 3.8) is 0 Å². The summed E-state index contributed by atoms with van der Waals surface area (Å²) in [5, 5.41) is 1.02. The Kier molecular flexibility index (Phi) is 4.95. The zero-order valence-electron chi connectivity index (χ0n) is 18.4. The van der Waals surface area contributed by atoms with Crippen LogP contribution in [0.5, 0.6) is 0 Å². The fourth-order valence-corrected chi connectivity index (χ4v) is 5.05. The SMILES string of the molecule is O=C(c1cn(Cc2ccccc2)c2ccccc12)N1CCC[C@H](c2nc3ccccc3[nH]2)C1. The van der Waals surface area contributed by atoms with Gasteiger partial charge in [-0.3, -0.25) is 4.79 Å². The van der Waals surface area contributed by atoms with Gasteiger partial charge in [-0.2, -0.15) is 0 Å². The molecule has 1 aliphatic heterocycles. The number of carbonyl (C=O) groups excluding carboxylic acids is 1. The molecule has 1 atom stereocenters. The van der Waals surface area contributed by atoms with Gasteiger partial charge in [-0.05, 0) is 36.6 Å². The molecule has 1 saturated heterocycles. The molecule has 5 aromatic rings. The lowest BCUT2D eigenvalue weighted by Crippen LogP contribution is -2.39. The van der Waals surface area contributed by atoms with E-state index >= 15 is 0 Å². The Morgan fingerprint density at radius 1 is 0.970 bits per heavy atom. The molecule has 164 valence electrons. The highest BCUT2D eigenvalue weighted by Crippen LogP contribution is 2.30. The highest BCUT2D eigenvalue weighted by Gasteiger charge is 2.29. The second-order valence-electron chi connectivity index (χ2n) is 8.90. The van der Waals surface area contributed by atoms with Crippen LogP contribution in [-0.2, 0) is 6.54 Å². The first kappa shape index (κ1) is 19.8. The number of aromatic amines is 1. The quantitative estimate of drug-likeness (QED) is 0.401. The van der Waals surface area contributed by atoms with Crippen molar-refractivity contribution in [2.75, 3.05) is 13.1 Å². The van der Waals surface area contributed by atoms with E-state index in [4.69, 9.17) is 4.98 Å². The first-order chi connectivity index (χ1) is 16.3. The number of amides is 1. The Labute approximate surface area is 192 Å².